The number of fused-ring (bicyclic) bond motifs is 3. The average molecular weight is 371 g/mol. The van der Waals surface area contributed by atoms with Crippen LogP contribution < -0.4 is 5.32 Å². The first-order chi connectivity index (χ1) is 13.8. The first-order valence-corrected chi connectivity index (χ1v) is 9.71. The minimum absolute atomic E-state index is 0.436. The third-order valence-corrected chi connectivity index (χ3v) is 5.79. The maximum absolute atomic E-state index is 8.90. The van der Waals surface area contributed by atoms with E-state index < -0.39 is 0 Å². The molecule has 28 heavy (non-hydrogen) atoms. The molecule has 0 aliphatic heterocycles. The van der Waals surface area contributed by atoms with Crippen LogP contribution in [-0.4, -0.2) is 30.8 Å². The molecule has 1 saturated carbocycles. The lowest BCUT2D eigenvalue weighted by Crippen LogP contribution is -2.32. The number of hydrogen-bond donors (Lipinski definition) is 2. The molecule has 4 aromatic rings. The Bertz CT molecular complexity index is 1140. The quantitative estimate of drug-likeness (QED) is 0.574. The highest BCUT2D eigenvalue weighted by Gasteiger charge is 2.26. The summed E-state index contributed by atoms with van der Waals surface area (Å²) >= 11 is 0. The third kappa shape index (κ3) is 3.02. The van der Waals surface area contributed by atoms with E-state index in [0.29, 0.717) is 17.5 Å². The summed E-state index contributed by atoms with van der Waals surface area (Å²) in [6.45, 7) is 0.839. The maximum atomic E-state index is 8.90. The Morgan fingerprint density at radius 2 is 1.96 bits per heavy atom. The normalized spacial score (nSPS) is 19.8. The van der Waals surface area contributed by atoms with Gasteiger partial charge in [-0.2, -0.15) is 5.26 Å². The lowest BCUT2D eigenvalue weighted by atomic mass is 9.83. The summed E-state index contributed by atoms with van der Waals surface area (Å²) in [7, 11) is 0. The minimum Gasteiger partial charge on any atom is -0.346 e. The van der Waals surface area contributed by atoms with Gasteiger partial charge in [-0.25, -0.2) is 9.50 Å². The molecule has 140 valence electrons. The molecular weight excluding hydrogens is 350 g/mol. The molecule has 0 spiro atoms. The SMILES string of the molecule is N#Cc1ccc(CNC2CCC(c3nnn4cnc5[nH]ccc5c34)CC2)cc1. The smallest absolute Gasteiger partial charge is 0.141 e. The summed E-state index contributed by atoms with van der Waals surface area (Å²) in [5.74, 6) is 0.436. The number of benzene rings is 1. The summed E-state index contributed by atoms with van der Waals surface area (Å²) in [6.07, 6.45) is 8.11. The van der Waals surface area contributed by atoms with Crippen molar-refractivity contribution in [3.05, 3.63) is 59.7 Å². The van der Waals surface area contributed by atoms with Crippen molar-refractivity contribution in [3.8, 4) is 6.07 Å². The topological polar surface area (TPSA) is 94.7 Å². The zero-order chi connectivity index (χ0) is 18.9. The molecule has 0 radical (unpaired) electrons. The molecule has 1 aliphatic carbocycles. The van der Waals surface area contributed by atoms with Crippen LogP contribution in [0.2, 0.25) is 0 Å². The number of nitrogens with one attached hydrogen (secondary N) is 2. The van der Waals surface area contributed by atoms with E-state index in [2.05, 4.69) is 37.7 Å². The molecule has 5 rings (SSSR count). The van der Waals surface area contributed by atoms with E-state index >= 15 is 0 Å². The first-order valence-electron chi connectivity index (χ1n) is 9.71. The monoisotopic (exact) mass is 371 g/mol. The zero-order valence-corrected chi connectivity index (χ0v) is 15.5. The lowest BCUT2D eigenvalue weighted by molar-refractivity contribution is 0.339. The molecule has 7 nitrogen and oxygen atoms in total. The summed E-state index contributed by atoms with van der Waals surface area (Å²) in [5, 5.41) is 22.4. The Kier molecular flexibility index (Phi) is 4.26. The molecule has 0 unspecified atom stereocenters. The van der Waals surface area contributed by atoms with E-state index in [1.54, 1.807) is 10.8 Å². The Labute approximate surface area is 162 Å². The number of H-pyrrole nitrogens is 1. The molecule has 1 aromatic carbocycles. The average Bonchev–Trinajstić information content (AvgIpc) is 3.39. The minimum atomic E-state index is 0.436. The molecule has 3 aromatic heterocycles. The van der Waals surface area contributed by atoms with Crippen LogP contribution in [0, 0.1) is 11.3 Å². The molecule has 1 aliphatic rings. The van der Waals surface area contributed by atoms with Gasteiger partial charge in [0.15, 0.2) is 0 Å². The number of rotatable bonds is 4. The first kappa shape index (κ1) is 16.9. The summed E-state index contributed by atoms with van der Waals surface area (Å²) in [5.41, 5.74) is 4.98. The van der Waals surface area contributed by atoms with Crippen LogP contribution >= 0.6 is 0 Å². The van der Waals surface area contributed by atoms with Crippen molar-refractivity contribution in [1.82, 2.24) is 30.1 Å². The lowest BCUT2D eigenvalue weighted by Gasteiger charge is -2.28. The second kappa shape index (κ2) is 7.06. The Hall–Kier alpha value is -3.24. The molecule has 0 saturated heterocycles. The van der Waals surface area contributed by atoms with Gasteiger partial charge in [-0.15, -0.1) is 5.10 Å². The largest absolute Gasteiger partial charge is 0.346 e. The fourth-order valence-corrected chi connectivity index (χ4v) is 4.22. The fraction of sp³-hybridized carbons (Fsp3) is 0.333. The number of aromatic nitrogens is 5. The van der Waals surface area contributed by atoms with Crippen LogP contribution in [0.15, 0.2) is 42.9 Å². The summed E-state index contributed by atoms with van der Waals surface area (Å²) < 4.78 is 1.79. The highest BCUT2D eigenvalue weighted by atomic mass is 15.4. The van der Waals surface area contributed by atoms with Gasteiger partial charge in [-0.3, -0.25) is 0 Å². The van der Waals surface area contributed by atoms with Gasteiger partial charge in [0.2, 0.25) is 0 Å². The second-order valence-corrected chi connectivity index (χ2v) is 7.49. The Morgan fingerprint density at radius 3 is 2.75 bits per heavy atom. The van der Waals surface area contributed by atoms with Crippen molar-refractivity contribution in [3.63, 3.8) is 0 Å². The maximum Gasteiger partial charge on any atom is 0.141 e. The van der Waals surface area contributed by atoms with E-state index in [9.17, 15) is 0 Å². The molecule has 0 atom stereocenters. The Morgan fingerprint density at radius 1 is 1.14 bits per heavy atom. The molecule has 1 fully saturated rings. The predicted molar refractivity (Wildman–Crippen MR) is 106 cm³/mol. The second-order valence-electron chi connectivity index (χ2n) is 7.49. The van der Waals surface area contributed by atoms with Crippen LogP contribution in [0.3, 0.4) is 0 Å². The van der Waals surface area contributed by atoms with Crippen molar-refractivity contribution < 1.29 is 0 Å². The molecule has 0 amide bonds. The summed E-state index contributed by atoms with van der Waals surface area (Å²) in [6, 6.07) is 12.5. The number of nitriles is 1. The van der Waals surface area contributed by atoms with Crippen LogP contribution in [-0.2, 0) is 6.54 Å². The molecule has 2 N–H and O–H groups in total. The Balaban J connectivity index is 1.25. The molecule has 7 heteroatoms. The predicted octanol–water partition coefficient (Wildman–Crippen LogP) is 3.29. The van der Waals surface area contributed by atoms with Gasteiger partial charge in [0.05, 0.1) is 17.3 Å². The van der Waals surface area contributed by atoms with Gasteiger partial charge in [-0.05, 0) is 49.4 Å². The number of hydrogen-bond acceptors (Lipinski definition) is 5. The zero-order valence-electron chi connectivity index (χ0n) is 15.5. The van der Waals surface area contributed by atoms with E-state index in [1.807, 2.05) is 30.5 Å². The van der Waals surface area contributed by atoms with Crippen LogP contribution in [0.1, 0.15) is 48.4 Å². The van der Waals surface area contributed by atoms with Crippen LogP contribution in [0.25, 0.3) is 16.6 Å². The van der Waals surface area contributed by atoms with Gasteiger partial charge in [0, 0.05) is 30.1 Å². The highest BCUT2D eigenvalue weighted by Crippen LogP contribution is 2.35. The van der Waals surface area contributed by atoms with Gasteiger partial charge in [-0.1, -0.05) is 17.3 Å². The highest BCUT2D eigenvalue weighted by molar-refractivity contribution is 5.92. The van der Waals surface area contributed by atoms with Crippen molar-refractivity contribution in [2.75, 3.05) is 0 Å². The van der Waals surface area contributed by atoms with Crippen LogP contribution in [0.4, 0.5) is 0 Å². The standard InChI is InChI=1S/C21H21N7/c22-11-14-1-3-15(4-2-14)12-24-17-7-5-16(6-8-17)19-20-18-9-10-23-21(18)25-13-28(20)27-26-19/h1-4,9-10,13,16-17,23-24H,5-8,12H2. The van der Waals surface area contributed by atoms with Crippen molar-refractivity contribution in [2.45, 2.75) is 44.2 Å². The molecule has 0 bridgehead atoms. The van der Waals surface area contributed by atoms with Gasteiger partial charge in [0.1, 0.15) is 17.5 Å². The van der Waals surface area contributed by atoms with E-state index in [1.165, 1.54) is 5.56 Å². The van der Waals surface area contributed by atoms with Crippen molar-refractivity contribution in [2.24, 2.45) is 0 Å². The third-order valence-electron chi connectivity index (χ3n) is 5.79. The molecule has 3 heterocycles. The van der Waals surface area contributed by atoms with Crippen molar-refractivity contribution in [1.29, 1.82) is 5.26 Å². The van der Waals surface area contributed by atoms with Gasteiger partial charge in [0.25, 0.3) is 0 Å². The number of nitrogens with zero attached hydrogens (tertiary/aromatic N) is 5. The summed E-state index contributed by atoms with van der Waals surface area (Å²) in [4.78, 5) is 7.55. The number of aromatic amines is 1. The molecular formula is C21H21N7. The van der Waals surface area contributed by atoms with E-state index in [0.717, 1.165) is 54.5 Å². The van der Waals surface area contributed by atoms with Crippen molar-refractivity contribution >= 4 is 16.6 Å². The van der Waals surface area contributed by atoms with E-state index in [4.69, 9.17) is 5.26 Å². The fourth-order valence-electron chi connectivity index (χ4n) is 4.22. The van der Waals surface area contributed by atoms with Gasteiger partial charge < -0.3 is 10.3 Å². The van der Waals surface area contributed by atoms with Gasteiger partial charge >= 0.3 is 0 Å². The van der Waals surface area contributed by atoms with Crippen LogP contribution in [0.5, 0.6) is 0 Å². The van der Waals surface area contributed by atoms with E-state index in [-0.39, 0.29) is 0 Å².